The molecule has 2 aromatic carbocycles. The number of methoxy groups -OCH3 is 1. The van der Waals surface area contributed by atoms with Gasteiger partial charge in [0.1, 0.15) is 0 Å². The number of hydrogen-bond acceptors (Lipinski definition) is 3. The van der Waals surface area contributed by atoms with Crippen LogP contribution < -0.4 is 10.1 Å². The van der Waals surface area contributed by atoms with Crippen LogP contribution in [0, 0.1) is 5.82 Å². The van der Waals surface area contributed by atoms with Crippen LogP contribution in [0.4, 0.5) is 4.39 Å². The Balaban J connectivity index is 1.97. The largest absolute Gasteiger partial charge is 0.494 e. The number of halogens is 1. The lowest BCUT2D eigenvalue weighted by Crippen LogP contribution is -2.24. The molecule has 0 aromatic heterocycles. The molecule has 21 heavy (non-hydrogen) atoms. The van der Waals surface area contributed by atoms with Crippen molar-refractivity contribution in [3.63, 3.8) is 0 Å². The summed E-state index contributed by atoms with van der Waals surface area (Å²) in [7, 11) is 1.44. The molecular weight excluding hydrogens is 269 g/mol. The van der Waals surface area contributed by atoms with Crippen LogP contribution in [0.25, 0.3) is 0 Å². The third-order valence-electron chi connectivity index (χ3n) is 3.48. The zero-order valence-corrected chi connectivity index (χ0v) is 12.2. The lowest BCUT2D eigenvalue weighted by atomic mass is 10.1. The van der Waals surface area contributed by atoms with Gasteiger partial charge < -0.3 is 15.2 Å². The molecule has 0 amide bonds. The van der Waals surface area contributed by atoms with Crippen LogP contribution in [0.1, 0.15) is 30.2 Å². The summed E-state index contributed by atoms with van der Waals surface area (Å²) in [5.41, 5.74) is 1.78. The van der Waals surface area contributed by atoms with Crippen molar-refractivity contribution in [3.05, 3.63) is 65.5 Å². The van der Waals surface area contributed by atoms with Gasteiger partial charge in [0.05, 0.1) is 13.2 Å². The minimum atomic E-state index is -0.573. The zero-order chi connectivity index (χ0) is 15.2. The van der Waals surface area contributed by atoms with Crippen molar-refractivity contribution >= 4 is 0 Å². The lowest BCUT2D eigenvalue weighted by Gasteiger charge is -2.18. The van der Waals surface area contributed by atoms with E-state index in [1.165, 1.54) is 13.2 Å². The topological polar surface area (TPSA) is 41.5 Å². The number of ether oxygens (including phenoxy) is 1. The second-order valence-electron chi connectivity index (χ2n) is 4.95. The monoisotopic (exact) mass is 289 g/mol. The summed E-state index contributed by atoms with van der Waals surface area (Å²) in [6, 6.07) is 14.2. The number of aliphatic hydroxyl groups excluding tert-OH is 1. The molecule has 0 saturated carbocycles. The van der Waals surface area contributed by atoms with E-state index in [1.54, 1.807) is 12.1 Å². The Morgan fingerprint density at radius 2 is 1.86 bits per heavy atom. The molecule has 2 unspecified atom stereocenters. The minimum absolute atomic E-state index is 0.0159. The van der Waals surface area contributed by atoms with Crippen molar-refractivity contribution in [3.8, 4) is 5.75 Å². The van der Waals surface area contributed by atoms with E-state index in [2.05, 4.69) is 5.32 Å². The average molecular weight is 289 g/mol. The fourth-order valence-corrected chi connectivity index (χ4v) is 2.15. The summed E-state index contributed by atoms with van der Waals surface area (Å²) in [4.78, 5) is 0. The summed E-state index contributed by atoms with van der Waals surface area (Å²) in [5.74, 6) is -0.150. The van der Waals surface area contributed by atoms with E-state index in [9.17, 15) is 9.50 Å². The van der Waals surface area contributed by atoms with Crippen LogP contribution in [0.2, 0.25) is 0 Å². The molecule has 0 bridgehead atoms. The second kappa shape index (κ2) is 7.20. The molecule has 0 aliphatic carbocycles. The van der Waals surface area contributed by atoms with Crippen molar-refractivity contribution in [2.45, 2.75) is 19.1 Å². The van der Waals surface area contributed by atoms with E-state index in [0.29, 0.717) is 6.54 Å². The van der Waals surface area contributed by atoms with Crippen LogP contribution in [0.15, 0.2) is 48.5 Å². The smallest absolute Gasteiger partial charge is 0.165 e. The van der Waals surface area contributed by atoms with Gasteiger partial charge in [-0.25, -0.2) is 4.39 Å². The van der Waals surface area contributed by atoms with Crippen molar-refractivity contribution in [1.29, 1.82) is 0 Å². The molecular formula is C17H20FNO2. The van der Waals surface area contributed by atoms with Crippen LogP contribution in [-0.4, -0.2) is 18.8 Å². The van der Waals surface area contributed by atoms with E-state index < -0.39 is 6.10 Å². The summed E-state index contributed by atoms with van der Waals surface area (Å²) in [6.45, 7) is 2.38. The van der Waals surface area contributed by atoms with Crippen molar-refractivity contribution in [1.82, 2.24) is 5.32 Å². The Kier molecular flexibility index (Phi) is 5.31. The first-order chi connectivity index (χ1) is 10.1. The summed E-state index contributed by atoms with van der Waals surface area (Å²) in [6.07, 6.45) is -0.573. The normalized spacial score (nSPS) is 13.7. The van der Waals surface area contributed by atoms with Gasteiger partial charge in [-0.05, 0) is 30.2 Å². The molecule has 0 fully saturated rings. The van der Waals surface area contributed by atoms with Crippen LogP contribution >= 0.6 is 0 Å². The molecule has 0 heterocycles. The van der Waals surface area contributed by atoms with E-state index >= 15 is 0 Å². The maximum atomic E-state index is 13.4. The zero-order valence-electron chi connectivity index (χ0n) is 12.2. The van der Waals surface area contributed by atoms with Gasteiger partial charge in [0.25, 0.3) is 0 Å². The third kappa shape index (κ3) is 4.03. The van der Waals surface area contributed by atoms with Gasteiger partial charge in [-0.3, -0.25) is 0 Å². The molecule has 0 aliphatic heterocycles. The predicted octanol–water partition coefficient (Wildman–Crippen LogP) is 3.22. The van der Waals surface area contributed by atoms with Crippen molar-refractivity contribution < 1.29 is 14.2 Å². The summed E-state index contributed by atoms with van der Waals surface area (Å²) in [5, 5.41) is 13.4. The van der Waals surface area contributed by atoms with Gasteiger partial charge in [-0.2, -0.15) is 0 Å². The highest BCUT2D eigenvalue weighted by atomic mass is 19.1. The Morgan fingerprint density at radius 1 is 1.14 bits per heavy atom. The first-order valence-electron chi connectivity index (χ1n) is 6.91. The number of benzene rings is 2. The van der Waals surface area contributed by atoms with Gasteiger partial charge in [0.2, 0.25) is 0 Å². The summed E-state index contributed by atoms with van der Waals surface area (Å²) < 4.78 is 18.4. The maximum Gasteiger partial charge on any atom is 0.165 e. The number of rotatable bonds is 6. The molecule has 0 aliphatic rings. The van der Waals surface area contributed by atoms with Gasteiger partial charge in [0, 0.05) is 12.6 Å². The van der Waals surface area contributed by atoms with Gasteiger partial charge in [0.15, 0.2) is 11.6 Å². The minimum Gasteiger partial charge on any atom is -0.494 e. The highest BCUT2D eigenvalue weighted by Gasteiger charge is 2.12. The summed E-state index contributed by atoms with van der Waals surface area (Å²) >= 11 is 0. The van der Waals surface area contributed by atoms with E-state index in [-0.39, 0.29) is 17.6 Å². The fourth-order valence-electron chi connectivity index (χ4n) is 2.15. The molecule has 2 rings (SSSR count). The predicted molar refractivity (Wildman–Crippen MR) is 80.8 cm³/mol. The van der Waals surface area contributed by atoms with Gasteiger partial charge >= 0.3 is 0 Å². The van der Waals surface area contributed by atoms with E-state index in [1.807, 2.05) is 37.3 Å². The molecule has 0 saturated heterocycles. The number of hydrogen-bond donors (Lipinski definition) is 2. The lowest BCUT2D eigenvalue weighted by molar-refractivity contribution is 0.171. The fraction of sp³-hybridized carbons (Fsp3) is 0.294. The first kappa shape index (κ1) is 15.5. The molecule has 0 radical (unpaired) electrons. The Morgan fingerprint density at radius 3 is 2.52 bits per heavy atom. The molecule has 4 heteroatoms. The standard InChI is InChI=1S/C17H20FNO2/c1-12(14-8-9-15(18)17(10-14)21-2)19-11-16(20)13-6-4-3-5-7-13/h3-10,12,16,19-20H,11H2,1-2H3. The van der Waals surface area contributed by atoms with Crippen molar-refractivity contribution in [2.75, 3.05) is 13.7 Å². The van der Waals surface area contributed by atoms with E-state index in [4.69, 9.17) is 4.74 Å². The van der Waals surface area contributed by atoms with Crippen LogP contribution in [0.5, 0.6) is 5.75 Å². The van der Waals surface area contributed by atoms with Crippen LogP contribution in [-0.2, 0) is 0 Å². The Labute approximate surface area is 124 Å². The maximum absolute atomic E-state index is 13.4. The molecule has 2 atom stereocenters. The highest BCUT2D eigenvalue weighted by Crippen LogP contribution is 2.23. The molecule has 3 nitrogen and oxygen atoms in total. The first-order valence-corrected chi connectivity index (χ1v) is 6.91. The highest BCUT2D eigenvalue weighted by molar-refractivity contribution is 5.32. The molecule has 2 N–H and O–H groups in total. The Bertz CT molecular complexity index is 574. The third-order valence-corrected chi connectivity index (χ3v) is 3.48. The van der Waals surface area contributed by atoms with Crippen molar-refractivity contribution in [2.24, 2.45) is 0 Å². The number of aliphatic hydroxyl groups is 1. The second-order valence-corrected chi connectivity index (χ2v) is 4.95. The average Bonchev–Trinajstić information content (AvgIpc) is 2.53. The van der Waals surface area contributed by atoms with Crippen LogP contribution in [0.3, 0.4) is 0 Å². The van der Waals surface area contributed by atoms with Gasteiger partial charge in [-0.15, -0.1) is 0 Å². The molecule has 2 aromatic rings. The van der Waals surface area contributed by atoms with E-state index in [0.717, 1.165) is 11.1 Å². The van der Waals surface area contributed by atoms with Gasteiger partial charge in [-0.1, -0.05) is 36.4 Å². The SMILES string of the molecule is COc1cc(C(C)NCC(O)c2ccccc2)ccc1F. The molecule has 0 spiro atoms. The molecule has 112 valence electrons. The number of nitrogens with one attached hydrogen (secondary N) is 1. The Hall–Kier alpha value is -1.91. The quantitative estimate of drug-likeness (QED) is 0.858.